The van der Waals surface area contributed by atoms with Gasteiger partial charge in [0.05, 0.1) is 6.10 Å². The Morgan fingerprint density at radius 2 is 2.17 bits per heavy atom. The molecule has 1 heterocycles. The Hall–Kier alpha value is -1.04. The Labute approximate surface area is 111 Å². The number of aromatic nitrogens is 1. The average molecular weight is 266 g/mol. The van der Waals surface area contributed by atoms with Gasteiger partial charge in [-0.15, -0.1) is 0 Å². The van der Waals surface area contributed by atoms with Gasteiger partial charge >= 0.3 is 0 Å². The van der Waals surface area contributed by atoms with Gasteiger partial charge in [-0.25, -0.2) is 4.98 Å². The molecule has 2 aromatic rings. The van der Waals surface area contributed by atoms with Crippen molar-refractivity contribution < 1.29 is 9.52 Å². The van der Waals surface area contributed by atoms with E-state index >= 15 is 0 Å². The first-order valence-corrected chi connectivity index (χ1v) is 7.03. The zero-order valence-corrected chi connectivity index (χ0v) is 11.4. The molecule has 1 atom stereocenters. The SMILES string of the molecule is CC(C)NCC(O)CSc1nc2ccccc2o1. The third-order valence-corrected chi connectivity index (χ3v) is 3.41. The molecule has 1 unspecified atom stereocenters. The van der Waals surface area contributed by atoms with Crippen LogP contribution in [0, 0.1) is 0 Å². The highest BCUT2D eigenvalue weighted by atomic mass is 32.2. The van der Waals surface area contributed by atoms with Gasteiger partial charge in [0, 0.05) is 18.3 Å². The summed E-state index contributed by atoms with van der Waals surface area (Å²) in [5.74, 6) is 0.576. The Balaban J connectivity index is 1.86. The van der Waals surface area contributed by atoms with Gasteiger partial charge in [-0.1, -0.05) is 37.7 Å². The fourth-order valence-corrected chi connectivity index (χ4v) is 2.28. The number of nitrogens with one attached hydrogen (secondary N) is 1. The van der Waals surface area contributed by atoms with Crippen LogP contribution in [-0.4, -0.2) is 34.5 Å². The number of fused-ring (bicyclic) bond motifs is 1. The van der Waals surface area contributed by atoms with Crippen molar-refractivity contribution in [3.8, 4) is 0 Å². The van der Waals surface area contributed by atoms with Gasteiger partial charge in [0.25, 0.3) is 5.22 Å². The summed E-state index contributed by atoms with van der Waals surface area (Å²) in [5, 5.41) is 13.6. The Kier molecular flexibility index (Phi) is 4.63. The van der Waals surface area contributed by atoms with Crippen LogP contribution in [0.5, 0.6) is 0 Å². The van der Waals surface area contributed by atoms with Crippen molar-refractivity contribution in [2.45, 2.75) is 31.2 Å². The maximum absolute atomic E-state index is 9.78. The minimum absolute atomic E-state index is 0.383. The van der Waals surface area contributed by atoms with E-state index < -0.39 is 6.10 Å². The molecule has 5 heteroatoms. The van der Waals surface area contributed by atoms with E-state index in [4.69, 9.17) is 4.42 Å². The van der Waals surface area contributed by atoms with Gasteiger partial charge in [0.15, 0.2) is 5.58 Å². The molecule has 98 valence electrons. The van der Waals surface area contributed by atoms with E-state index in [1.165, 1.54) is 11.8 Å². The minimum atomic E-state index is -0.396. The molecule has 2 N–H and O–H groups in total. The molecule has 0 saturated heterocycles. The lowest BCUT2D eigenvalue weighted by molar-refractivity contribution is 0.192. The highest BCUT2D eigenvalue weighted by Crippen LogP contribution is 2.23. The minimum Gasteiger partial charge on any atom is -0.431 e. The van der Waals surface area contributed by atoms with Crippen molar-refractivity contribution >= 4 is 22.9 Å². The summed E-state index contributed by atoms with van der Waals surface area (Å²) in [7, 11) is 0. The van der Waals surface area contributed by atoms with Gasteiger partial charge in [-0.05, 0) is 12.1 Å². The number of rotatable bonds is 6. The first-order valence-electron chi connectivity index (χ1n) is 6.05. The van der Waals surface area contributed by atoms with Gasteiger partial charge in [-0.3, -0.25) is 0 Å². The second-order valence-corrected chi connectivity index (χ2v) is 5.45. The second kappa shape index (κ2) is 6.22. The first kappa shape index (κ1) is 13.4. The maximum Gasteiger partial charge on any atom is 0.256 e. The number of aliphatic hydroxyl groups is 1. The van der Waals surface area contributed by atoms with Crippen LogP contribution >= 0.6 is 11.8 Å². The Morgan fingerprint density at radius 1 is 1.39 bits per heavy atom. The van der Waals surface area contributed by atoms with E-state index in [1.54, 1.807) is 0 Å². The van der Waals surface area contributed by atoms with Crippen LogP contribution in [0.1, 0.15) is 13.8 Å². The normalized spacial score (nSPS) is 13.3. The van der Waals surface area contributed by atoms with E-state index in [1.807, 2.05) is 24.3 Å². The molecular weight excluding hydrogens is 248 g/mol. The largest absolute Gasteiger partial charge is 0.431 e. The van der Waals surface area contributed by atoms with Crippen LogP contribution in [0.15, 0.2) is 33.9 Å². The van der Waals surface area contributed by atoms with Crippen LogP contribution in [-0.2, 0) is 0 Å². The van der Waals surface area contributed by atoms with E-state index in [-0.39, 0.29) is 0 Å². The first-order chi connectivity index (χ1) is 8.65. The fraction of sp³-hybridized carbons (Fsp3) is 0.462. The Morgan fingerprint density at radius 3 is 2.89 bits per heavy atom. The molecule has 0 aliphatic rings. The number of oxazole rings is 1. The summed E-state index contributed by atoms with van der Waals surface area (Å²) >= 11 is 1.44. The number of aliphatic hydroxyl groups excluding tert-OH is 1. The van der Waals surface area contributed by atoms with Gasteiger partial charge in [-0.2, -0.15) is 0 Å². The third kappa shape index (κ3) is 3.73. The number of nitrogens with zero attached hydrogens (tertiary/aromatic N) is 1. The fourth-order valence-electron chi connectivity index (χ4n) is 1.51. The number of hydrogen-bond acceptors (Lipinski definition) is 5. The molecule has 0 spiro atoms. The van der Waals surface area contributed by atoms with E-state index in [0.717, 1.165) is 11.1 Å². The van der Waals surface area contributed by atoms with Gasteiger partial charge in [0.1, 0.15) is 5.52 Å². The molecule has 18 heavy (non-hydrogen) atoms. The molecule has 1 aromatic carbocycles. The summed E-state index contributed by atoms with van der Waals surface area (Å²) < 4.78 is 5.56. The van der Waals surface area contributed by atoms with Crippen LogP contribution in [0.4, 0.5) is 0 Å². The summed E-state index contributed by atoms with van der Waals surface area (Å²) in [4.78, 5) is 4.34. The molecule has 0 radical (unpaired) electrons. The van der Waals surface area contributed by atoms with Gasteiger partial charge in [0.2, 0.25) is 0 Å². The van der Waals surface area contributed by atoms with Crippen molar-refractivity contribution in [3.05, 3.63) is 24.3 Å². The summed E-state index contributed by atoms with van der Waals surface area (Å²) in [6.45, 7) is 4.70. The molecule has 0 aliphatic carbocycles. The summed E-state index contributed by atoms with van der Waals surface area (Å²) in [6.07, 6.45) is -0.396. The maximum atomic E-state index is 9.78. The topological polar surface area (TPSA) is 58.3 Å². The lowest BCUT2D eigenvalue weighted by Gasteiger charge is -2.12. The molecule has 0 aliphatic heterocycles. The molecule has 1 aromatic heterocycles. The van der Waals surface area contributed by atoms with E-state index in [9.17, 15) is 5.11 Å². The molecule has 0 bridgehead atoms. The predicted octanol–water partition coefficient (Wildman–Crippen LogP) is 2.28. The molecule has 0 amide bonds. The van der Waals surface area contributed by atoms with Crippen LogP contribution < -0.4 is 5.32 Å². The van der Waals surface area contributed by atoms with Crippen molar-refractivity contribution in [2.24, 2.45) is 0 Å². The molecular formula is C13H18N2O2S. The van der Waals surface area contributed by atoms with E-state index in [2.05, 4.69) is 24.1 Å². The zero-order valence-electron chi connectivity index (χ0n) is 10.6. The van der Waals surface area contributed by atoms with Crippen LogP contribution in [0.2, 0.25) is 0 Å². The van der Waals surface area contributed by atoms with Crippen LogP contribution in [0.25, 0.3) is 11.1 Å². The summed E-state index contributed by atoms with van der Waals surface area (Å²) in [5.41, 5.74) is 1.64. The number of benzene rings is 1. The number of thioether (sulfide) groups is 1. The van der Waals surface area contributed by atoms with Crippen molar-refractivity contribution in [2.75, 3.05) is 12.3 Å². The quantitative estimate of drug-likeness (QED) is 0.786. The van der Waals surface area contributed by atoms with Crippen LogP contribution in [0.3, 0.4) is 0 Å². The molecule has 4 nitrogen and oxygen atoms in total. The third-order valence-electron chi connectivity index (χ3n) is 2.44. The number of para-hydroxylation sites is 2. The second-order valence-electron chi connectivity index (χ2n) is 4.48. The smallest absolute Gasteiger partial charge is 0.256 e. The highest BCUT2D eigenvalue weighted by Gasteiger charge is 2.10. The lowest BCUT2D eigenvalue weighted by Crippen LogP contribution is -2.33. The summed E-state index contributed by atoms with van der Waals surface area (Å²) in [6, 6.07) is 8.04. The van der Waals surface area contributed by atoms with E-state index in [0.29, 0.717) is 23.6 Å². The molecule has 0 fully saturated rings. The Bertz CT molecular complexity index is 465. The van der Waals surface area contributed by atoms with Crippen molar-refractivity contribution in [1.82, 2.24) is 10.3 Å². The standard InChI is InChI=1S/C13H18N2O2S/c1-9(2)14-7-10(16)8-18-13-15-11-5-3-4-6-12(11)17-13/h3-6,9-10,14,16H,7-8H2,1-2H3. The lowest BCUT2D eigenvalue weighted by atomic mass is 10.3. The monoisotopic (exact) mass is 266 g/mol. The van der Waals surface area contributed by atoms with Crippen molar-refractivity contribution in [1.29, 1.82) is 0 Å². The van der Waals surface area contributed by atoms with Gasteiger partial charge < -0.3 is 14.8 Å². The predicted molar refractivity (Wildman–Crippen MR) is 73.9 cm³/mol. The average Bonchev–Trinajstić information content (AvgIpc) is 2.76. The molecule has 0 saturated carbocycles. The van der Waals surface area contributed by atoms with Crippen molar-refractivity contribution in [3.63, 3.8) is 0 Å². The number of hydrogen-bond donors (Lipinski definition) is 2. The highest BCUT2D eigenvalue weighted by molar-refractivity contribution is 7.99. The zero-order chi connectivity index (χ0) is 13.0. The molecule has 2 rings (SSSR count).